The highest BCUT2D eigenvalue weighted by Crippen LogP contribution is 2.35. The molecule has 104 valence electrons. The van der Waals surface area contributed by atoms with Gasteiger partial charge in [0, 0.05) is 18.4 Å². The van der Waals surface area contributed by atoms with Gasteiger partial charge in [-0.2, -0.15) is 0 Å². The highest BCUT2D eigenvalue weighted by Gasteiger charge is 2.17. The molecule has 0 bridgehead atoms. The molecule has 0 amide bonds. The summed E-state index contributed by atoms with van der Waals surface area (Å²) in [4.78, 5) is 23.2. The van der Waals surface area contributed by atoms with E-state index in [0.717, 1.165) is 6.42 Å². The Morgan fingerprint density at radius 3 is 2.26 bits per heavy atom. The summed E-state index contributed by atoms with van der Waals surface area (Å²) in [6, 6.07) is 3.05. The molecule has 0 aliphatic rings. The lowest BCUT2D eigenvalue weighted by Crippen LogP contribution is -2.08. The van der Waals surface area contributed by atoms with Crippen LogP contribution >= 0.6 is 23.2 Å². The van der Waals surface area contributed by atoms with E-state index in [2.05, 4.69) is 0 Å². The van der Waals surface area contributed by atoms with Crippen LogP contribution in [0.1, 0.15) is 49.9 Å². The molecule has 1 aromatic carbocycles. The third kappa shape index (κ3) is 4.22. The lowest BCUT2D eigenvalue weighted by molar-refractivity contribution is -0.134. The van der Waals surface area contributed by atoms with Gasteiger partial charge in [-0.25, -0.2) is 0 Å². The molecule has 0 fully saturated rings. The summed E-state index contributed by atoms with van der Waals surface area (Å²) in [5.41, 5.74) is 0.365. The second kappa shape index (κ2) is 7.51. The lowest BCUT2D eigenvalue weighted by Gasteiger charge is -2.10. The van der Waals surface area contributed by atoms with Crippen LogP contribution < -0.4 is 4.74 Å². The van der Waals surface area contributed by atoms with Gasteiger partial charge >= 0.3 is 5.97 Å². The fraction of sp³-hybridized carbons (Fsp3) is 0.429. The van der Waals surface area contributed by atoms with Crippen molar-refractivity contribution < 1.29 is 14.3 Å². The van der Waals surface area contributed by atoms with Crippen LogP contribution in [-0.2, 0) is 4.79 Å². The minimum atomic E-state index is -0.367. The molecular weight excluding hydrogens is 287 g/mol. The predicted molar refractivity (Wildman–Crippen MR) is 76.2 cm³/mol. The first-order valence-corrected chi connectivity index (χ1v) is 6.98. The molecule has 1 aromatic rings. The van der Waals surface area contributed by atoms with Crippen LogP contribution in [0.3, 0.4) is 0 Å². The van der Waals surface area contributed by atoms with Crippen LogP contribution in [0, 0.1) is 0 Å². The maximum atomic E-state index is 11.8. The number of carbonyl (C=O) groups is 2. The van der Waals surface area contributed by atoms with Crippen molar-refractivity contribution in [2.45, 2.75) is 39.5 Å². The van der Waals surface area contributed by atoms with E-state index in [-0.39, 0.29) is 27.5 Å². The molecule has 3 nitrogen and oxygen atoms in total. The molecule has 1 rings (SSSR count). The molecule has 0 radical (unpaired) electrons. The SMILES string of the molecule is CCCC(=O)Oc1ccc(C(=O)CCC)c(Cl)c1Cl. The van der Waals surface area contributed by atoms with E-state index in [4.69, 9.17) is 27.9 Å². The molecule has 0 aliphatic carbocycles. The number of halogens is 2. The van der Waals surface area contributed by atoms with Gasteiger partial charge in [-0.1, -0.05) is 37.0 Å². The average Bonchev–Trinajstić information content (AvgIpc) is 2.35. The Morgan fingerprint density at radius 1 is 1.05 bits per heavy atom. The van der Waals surface area contributed by atoms with Gasteiger partial charge in [-0.05, 0) is 25.0 Å². The van der Waals surface area contributed by atoms with E-state index in [1.54, 1.807) is 6.07 Å². The second-order valence-electron chi connectivity index (χ2n) is 4.14. The fourth-order valence-corrected chi connectivity index (χ4v) is 2.03. The molecule has 19 heavy (non-hydrogen) atoms. The normalized spacial score (nSPS) is 10.3. The molecule has 0 heterocycles. The fourth-order valence-electron chi connectivity index (χ4n) is 1.57. The summed E-state index contributed by atoms with van der Waals surface area (Å²) in [5.74, 6) is -0.243. The number of Topliss-reactive ketones (excluding diaryl/α,β-unsaturated/α-hetero) is 1. The Labute approximate surface area is 122 Å². The van der Waals surface area contributed by atoms with E-state index in [1.807, 2.05) is 13.8 Å². The number of esters is 1. The second-order valence-corrected chi connectivity index (χ2v) is 4.89. The summed E-state index contributed by atoms with van der Waals surface area (Å²) in [6.07, 6.45) is 2.15. The smallest absolute Gasteiger partial charge is 0.311 e. The number of carbonyl (C=O) groups excluding carboxylic acids is 2. The van der Waals surface area contributed by atoms with Crippen LogP contribution in [0.5, 0.6) is 5.75 Å². The van der Waals surface area contributed by atoms with Gasteiger partial charge in [0.1, 0.15) is 5.02 Å². The maximum Gasteiger partial charge on any atom is 0.311 e. The molecule has 0 unspecified atom stereocenters. The lowest BCUT2D eigenvalue weighted by atomic mass is 10.1. The van der Waals surface area contributed by atoms with Gasteiger partial charge in [0.15, 0.2) is 11.5 Å². The molecule has 0 saturated carbocycles. The van der Waals surface area contributed by atoms with E-state index < -0.39 is 0 Å². The molecule has 5 heteroatoms. The number of benzene rings is 1. The third-order valence-corrected chi connectivity index (χ3v) is 3.37. The third-order valence-electron chi connectivity index (χ3n) is 2.50. The van der Waals surface area contributed by atoms with Gasteiger partial charge < -0.3 is 4.74 Å². The van der Waals surface area contributed by atoms with Crippen molar-refractivity contribution in [3.8, 4) is 5.75 Å². The summed E-state index contributed by atoms with van der Waals surface area (Å²) >= 11 is 12.1. The van der Waals surface area contributed by atoms with E-state index in [9.17, 15) is 9.59 Å². The molecule has 0 aliphatic heterocycles. The monoisotopic (exact) mass is 302 g/mol. The minimum Gasteiger partial charge on any atom is -0.425 e. The largest absolute Gasteiger partial charge is 0.425 e. The van der Waals surface area contributed by atoms with E-state index in [0.29, 0.717) is 24.8 Å². The van der Waals surface area contributed by atoms with Crippen molar-refractivity contribution in [2.75, 3.05) is 0 Å². The van der Waals surface area contributed by atoms with Crippen LogP contribution in [0.4, 0.5) is 0 Å². The summed E-state index contributed by atoms with van der Waals surface area (Å²) < 4.78 is 5.09. The maximum absolute atomic E-state index is 11.8. The first-order chi connectivity index (χ1) is 9.01. The van der Waals surface area contributed by atoms with Crippen molar-refractivity contribution in [3.05, 3.63) is 27.7 Å². The van der Waals surface area contributed by atoms with Gasteiger partial charge in [-0.3, -0.25) is 9.59 Å². The van der Waals surface area contributed by atoms with Crippen molar-refractivity contribution in [2.24, 2.45) is 0 Å². The Bertz CT molecular complexity index is 484. The Morgan fingerprint density at radius 2 is 1.68 bits per heavy atom. The average molecular weight is 303 g/mol. The highest BCUT2D eigenvalue weighted by atomic mass is 35.5. The van der Waals surface area contributed by atoms with Crippen LogP contribution in [0.25, 0.3) is 0 Å². The van der Waals surface area contributed by atoms with Gasteiger partial charge in [0.25, 0.3) is 0 Å². The van der Waals surface area contributed by atoms with Crippen molar-refractivity contribution in [3.63, 3.8) is 0 Å². The minimum absolute atomic E-state index is 0.0687. The predicted octanol–water partition coefficient (Wildman–Crippen LogP) is 4.68. The van der Waals surface area contributed by atoms with Gasteiger partial charge in [0.2, 0.25) is 0 Å². The zero-order valence-electron chi connectivity index (χ0n) is 11.0. The van der Waals surface area contributed by atoms with Crippen LogP contribution in [-0.4, -0.2) is 11.8 Å². The number of rotatable bonds is 6. The Balaban J connectivity index is 2.97. The first-order valence-electron chi connectivity index (χ1n) is 6.23. The molecule has 0 aromatic heterocycles. The Hall–Kier alpha value is -1.06. The van der Waals surface area contributed by atoms with Gasteiger partial charge in [0.05, 0.1) is 5.02 Å². The molecule has 0 atom stereocenters. The van der Waals surface area contributed by atoms with Crippen LogP contribution in [0.2, 0.25) is 10.0 Å². The number of hydrogen-bond acceptors (Lipinski definition) is 3. The number of ether oxygens (including phenoxy) is 1. The quantitative estimate of drug-likeness (QED) is 0.435. The van der Waals surface area contributed by atoms with E-state index >= 15 is 0 Å². The number of hydrogen-bond donors (Lipinski definition) is 0. The summed E-state index contributed by atoms with van der Waals surface area (Å²) in [7, 11) is 0. The standard InChI is InChI=1S/C14H16Cl2O3/c1-3-5-10(17)9-7-8-11(14(16)13(9)15)19-12(18)6-4-2/h7-8H,3-6H2,1-2H3. The zero-order valence-corrected chi connectivity index (χ0v) is 12.5. The van der Waals surface area contributed by atoms with Crippen molar-refractivity contribution in [1.29, 1.82) is 0 Å². The number of ketones is 1. The van der Waals surface area contributed by atoms with Gasteiger partial charge in [-0.15, -0.1) is 0 Å². The van der Waals surface area contributed by atoms with Crippen LogP contribution in [0.15, 0.2) is 12.1 Å². The Kier molecular flexibility index (Phi) is 6.32. The van der Waals surface area contributed by atoms with E-state index in [1.165, 1.54) is 6.07 Å². The summed E-state index contributed by atoms with van der Waals surface area (Å²) in [6.45, 7) is 3.79. The molecule has 0 spiro atoms. The zero-order chi connectivity index (χ0) is 14.4. The first kappa shape index (κ1) is 16.0. The van der Waals surface area contributed by atoms with Crippen molar-refractivity contribution >= 4 is 35.0 Å². The molecule has 0 N–H and O–H groups in total. The highest BCUT2D eigenvalue weighted by molar-refractivity contribution is 6.44. The van der Waals surface area contributed by atoms with Crippen molar-refractivity contribution in [1.82, 2.24) is 0 Å². The topological polar surface area (TPSA) is 43.4 Å². The molecule has 0 saturated heterocycles. The summed E-state index contributed by atoms with van der Waals surface area (Å²) in [5, 5.41) is 0.245. The molecular formula is C14H16Cl2O3.